The molecule has 0 radical (unpaired) electrons. The van der Waals surface area contributed by atoms with Gasteiger partial charge >= 0.3 is 18.3 Å². The average molecular weight is 529 g/mol. The van der Waals surface area contributed by atoms with Crippen molar-refractivity contribution in [1.82, 2.24) is 10.2 Å². The minimum atomic E-state index is -0.639. The summed E-state index contributed by atoms with van der Waals surface area (Å²) in [5.74, 6) is -0.481. The fourth-order valence-electron chi connectivity index (χ4n) is 4.21. The number of cyclic esters (lactones) is 1. The molecule has 2 aromatic carbocycles. The number of benzene rings is 2. The maximum Gasteiger partial charge on any atom is 0.414 e. The smallest absolute Gasteiger partial charge is 0.414 e. The first-order chi connectivity index (χ1) is 18.1. The van der Waals surface area contributed by atoms with Crippen LogP contribution in [0.15, 0.2) is 48.5 Å². The van der Waals surface area contributed by atoms with Gasteiger partial charge < -0.3 is 29.3 Å². The topological polar surface area (TPSA) is 101 Å². The van der Waals surface area contributed by atoms with Crippen LogP contribution in [0.4, 0.5) is 30.1 Å². The lowest BCUT2D eigenvalue weighted by atomic mass is 10.2. The first-order valence-electron chi connectivity index (χ1n) is 12.5. The lowest BCUT2D eigenvalue weighted by molar-refractivity contribution is 0.0496. The van der Waals surface area contributed by atoms with Crippen LogP contribution in [0.25, 0.3) is 0 Å². The highest BCUT2D eigenvalue weighted by Gasteiger charge is 2.34. The average Bonchev–Trinajstić information content (AvgIpc) is 3.26. The van der Waals surface area contributed by atoms with Gasteiger partial charge in [-0.1, -0.05) is 30.3 Å². The van der Waals surface area contributed by atoms with E-state index in [4.69, 9.17) is 14.2 Å². The van der Waals surface area contributed by atoms with Gasteiger partial charge in [-0.3, -0.25) is 4.90 Å². The molecule has 0 aliphatic carbocycles. The largest absolute Gasteiger partial charge is 0.445 e. The number of carbonyl (C=O) groups is 3. The van der Waals surface area contributed by atoms with Gasteiger partial charge in [0, 0.05) is 26.2 Å². The Bertz CT molecular complexity index is 1150. The van der Waals surface area contributed by atoms with Crippen molar-refractivity contribution in [3.63, 3.8) is 0 Å². The van der Waals surface area contributed by atoms with Crippen molar-refractivity contribution in [2.24, 2.45) is 0 Å². The summed E-state index contributed by atoms with van der Waals surface area (Å²) in [4.78, 5) is 41.4. The van der Waals surface area contributed by atoms with Crippen LogP contribution >= 0.6 is 0 Å². The van der Waals surface area contributed by atoms with E-state index in [0.29, 0.717) is 37.6 Å². The Morgan fingerprint density at radius 1 is 1.08 bits per heavy atom. The number of nitrogens with zero attached hydrogens (tertiary/aromatic N) is 3. The molecule has 0 unspecified atom stereocenters. The SMILES string of the molecule is CC(C)(C)OC(=O)NC[C@@H]1CN(c2ccc(N3CCN(C(=O)OCc4ccccc4)CC3)c(F)c2)C(=O)O1. The van der Waals surface area contributed by atoms with Crippen LogP contribution in [-0.4, -0.2) is 74.2 Å². The third-order valence-corrected chi connectivity index (χ3v) is 6.07. The molecule has 38 heavy (non-hydrogen) atoms. The zero-order valence-corrected chi connectivity index (χ0v) is 21.8. The fraction of sp³-hybridized carbons (Fsp3) is 0.444. The van der Waals surface area contributed by atoms with Gasteiger partial charge in [0.15, 0.2) is 0 Å². The second-order valence-corrected chi connectivity index (χ2v) is 10.1. The Labute approximate surface area is 221 Å². The van der Waals surface area contributed by atoms with Crippen LogP contribution in [0.1, 0.15) is 26.3 Å². The zero-order chi connectivity index (χ0) is 27.3. The number of nitrogens with one attached hydrogen (secondary N) is 1. The molecule has 0 spiro atoms. The predicted octanol–water partition coefficient (Wildman–Crippen LogP) is 4.13. The number of rotatable bonds is 6. The van der Waals surface area contributed by atoms with Crippen LogP contribution in [-0.2, 0) is 20.8 Å². The molecule has 0 saturated carbocycles. The lowest BCUT2D eigenvalue weighted by Gasteiger charge is -2.35. The highest BCUT2D eigenvalue weighted by atomic mass is 19.1. The molecule has 2 aromatic rings. The molecule has 2 fully saturated rings. The summed E-state index contributed by atoms with van der Waals surface area (Å²) in [6, 6.07) is 14.0. The number of hydrogen-bond acceptors (Lipinski definition) is 7. The van der Waals surface area contributed by atoms with Crippen molar-refractivity contribution < 1.29 is 33.0 Å². The van der Waals surface area contributed by atoms with Gasteiger partial charge in [0.2, 0.25) is 0 Å². The maximum absolute atomic E-state index is 15.1. The monoisotopic (exact) mass is 528 g/mol. The first-order valence-corrected chi connectivity index (χ1v) is 12.5. The third-order valence-electron chi connectivity index (χ3n) is 6.07. The van der Waals surface area contributed by atoms with E-state index in [2.05, 4.69) is 5.32 Å². The van der Waals surface area contributed by atoms with E-state index in [1.54, 1.807) is 37.8 Å². The Hall–Kier alpha value is -4.02. The summed E-state index contributed by atoms with van der Waals surface area (Å²) in [6.07, 6.45) is -2.21. The second-order valence-electron chi connectivity index (χ2n) is 10.1. The van der Waals surface area contributed by atoms with Crippen molar-refractivity contribution in [2.75, 3.05) is 49.1 Å². The summed E-state index contributed by atoms with van der Waals surface area (Å²) in [5, 5.41) is 2.58. The normalized spacial score (nSPS) is 17.7. The van der Waals surface area contributed by atoms with Crippen LogP contribution < -0.4 is 15.1 Å². The molecular formula is C27H33FN4O6. The number of carbonyl (C=O) groups excluding carboxylic acids is 3. The number of halogens is 1. The molecule has 204 valence electrons. The highest BCUT2D eigenvalue weighted by molar-refractivity contribution is 5.90. The Morgan fingerprint density at radius 3 is 2.45 bits per heavy atom. The van der Waals surface area contributed by atoms with Gasteiger partial charge in [-0.25, -0.2) is 18.8 Å². The quantitative estimate of drug-likeness (QED) is 0.563. The summed E-state index contributed by atoms with van der Waals surface area (Å²) in [6.45, 7) is 7.40. The van der Waals surface area contributed by atoms with Crippen LogP contribution in [0.5, 0.6) is 0 Å². The molecule has 0 aromatic heterocycles. The molecule has 2 saturated heterocycles. The molecule has 2 aliphatic rings. The fourth-order valence-corrected chi connectivity index (χ4v) is 4.21. The number of ether oxygens (including phenoxy) is 3. The van der Waals surface area contributed by atoms with E-state index in [1.165, 1.54) is 11.0 Å². The summed E-state index contributed by atoms with van der Waals surface area (Å²) >= 11 is 0. The molecular weight excluding hydrogens is 495 g/mol. The van der Waals surface area contributed by atoms with Gasteiger partial charge in [-0.15, -0.1) is 0 Å². The van der Waals surface area contributed by atoms with Crippen molar-refractivity contribution in [3.05, 3.63) is 59.9 Å². The van der Waals surface area contributed by atoms with E-state index >= 15 is 4.39 Å². The van der Waals surface area contributed by atoms with Crippen LogP contribution in [0.2, 0.25) is 0 Å². The molecule has 2 aliphatic heterocycles. The van der Waals surface area contributed by atoms with Crippen LogP contribution in [0, 0.1) is 5.82 Å². The highest BCUT2D eigenvalue weighted by Crippen LogP contribution is 2.28. The van der Waals surface area contributed by atoms with Gasteiger partial charge in [-0.2, -0.15) is 0 Å². The number of alkyl carbamates (subject to hydrolysis) is 1. The number of amides is 3. The molecule has 1 atom stereocenters. The van der Waals surface area contributed by atoms with Gasteiger partial charge in [0.1, 0.15) is 24.1 Å². The molecule has 3 amide bonds. The number of hydrogen-bond donors (Lipinski definition) is 1. The van der Waals surface area contributed by atoms with E-state index in [-0.39, 0.29) is 19.7 Å². The van der Waals surface area contributed by atoms with Gasteiger partial charge in [-0.05, 0) is 44.5 Å². The Morgan fingerprint density at radius 2 is 1.79 bits per heavy atom. The summed E-state index contributed by atoms with van der Waals surface area (Å²) in [5.41, 5.74) is 1.02. The molecule has 10 nitrogen and oxygen atoms in total. The van der Waals surface area contributed by atoms with Crippen molar-refractivity contribution in [3.8, 4) is 0 Å². The van der Waals surface area contributed by atoms with Crippen molar-refractivity contribution in [1.29, 1.82) is 0 Å². The number of anilines is 2. The Balaban J connectivity index is 1.27. The first kappa shape index (κ1) is 27.0. The van der Waals surface area contributed by atoms with E-state index in [9.17, 15) is 14.4 Å². The van der Waals surface area contributed by atoms with Gasteiger partial charge in [0.05, 0.1) is 24.5 Å². The Kier molecular flexibility index (Phi) is 8.23. The summed E-state index contributed by atoms with van der Waals surface area (Å²) in [7, 11) is 0. The molecule has 2 heterocycles. The van der Waals surface area contributed by atoms with E-state index < -0.39 is 35.8 Å². The van der Waals surface area contributed by atoms with E-state index in [0.717, 1.165) is 5.56 Å². The van der Waals surface area contributed by atoms with Crippen molar-refractivity contribution >= 4 is 29.7 Å². The predicted molar refractivity (Wildman–Crippen MR) is 139 cm³/mol. The van der Waals surface area contributed by atoms with Gasteiger partial charge in [0.25, 0.3) is 0 Å². The lowest BCUT2D eigenvalue weighted by Crippen LogP contribution is -2.49. The minimum absolute atomic E-state index is 0.0791. The molecule has 4 rings (SSSR count). The number of piperazine rings is 1. The molecule has 11 heteroatoms. The minimum Gasteiger partial charge on any atom is -0.445 e. The van der Waals surface area contributed by atoms with Crippen molar-refractivity contribution in [2.45, 2.75) is 39.1 Å². The molecule has 0 bridgehead atoms. The zero-order valence-electron chi connectivity index (χ0n) is 21.8. The molecule has 1 N–H and O–H groups in total. The second kappa shape index (κ2) is 11.6. The van der Waals surface area contributed by atoms with E-state index in [1.807, 2.05) is 35.2 Å². The summed E-state index contributed by atoms with van der Waals surface area (Å²) < 4.78 is 31.0. The third kappa shape index (κ3) is 7.05. The maximum atomic E-state index is 15.1. The standard InChI is InChI=1S/C27H33FN4O6/c1-27(2,3)38-24(33)29-16-21-17-32(26(35)37-21)20-9-10-23(22(28)15-20)30-11-13-31(14-12-30)25(34)36-18-19-7-5-4-6-8-19/h4-10,15,21H,11-14,16-18H2,1-3H3,(H,29,33)/t21-/m1/s1. The van der Waals surface area contributed by atoms with Crippen LogP contribution in [0.3, 0.4) is 0 Å².